The van der Waals surface area contributed by atoms with Gasteiger partial charge in [0, 0.05) is 23.7 Å². The molecule has 0 aromatic heterocycles. The number of benzene rings is 2. The molecule has 2 aromatic rings. The Bertz CT molecular complexity index is 587. The van der Waals surface area contributed by atoms with Gasteiger partial charge in [-0.1, -0.05) is 6.07 Å². The van der Waals surface area contributed by atoms with E-state index in [-0.39, 0.29) is 30.0 Å². The Kier molecular flexibility index (Phi) is 4.06. The second-order valence-electron chi connectivity index (χ2n) is 3.95. The van der Waals surface area contributed by atoms with Gasteiger partial charge in [0.05, 0.1) is 0 Å². The van der Waals surface area contributed by atoms with E-state index in [2.05, 4.69) is 0 Å². The van der Waals surface area contributed by atoms with Crippen molar-refractivity contribution in [2.45, 2.75) is 13.2 Å². The molecular formula is C14H12F3NO. The van der Waals surface area contributed by atoms with Crippen molar-refractivity contribution in [3.05, 3.63) is 65.0 Å². The van der Waals surface area contributed by atoms with E-state index in [4.69, 9.17) is 10.5 Å². The average Bonchev–Trinajstić information content (AvgIpc) is 2.38. The summed E-state index contributed by atoms with van der Waals surface area (Å²) >= 11 is 0. The minimum Gasteiger partial charge on any atom is -0.488 e. The molecule has 0 fully saturated rings. The molecule has 0 aliphatic carbocycles. The van der Waals surface area contributed by atoms with Crippen LogP contribution in [-0.4, -0.2) is 0 Å². The molecule has 0 unspecified atom stereocenters. The molecule has 0 amide bonds. The molecular weight excluding hydrogens is 255 g/mol. The van der Waals surface area contributed by atoms with E-state index in [0.29, 0.717) is 0 Å². The summed E-state index contributed by atoms with van der Waals surface area (Å²) in [7, 11) is 0. The van der Waals surface area contributed by atoms with Gasteiger partial charge in [0.1, 0.15) is 29.8 Å². The van der Waals surface area contributed by atoms with Gasteiger partial charge < -0.3 is 10.5 Å². The van der Waals surface area contributed by atoms with E-state index in [0.717, 1.165) is 12.1 Å². The molecule has 0 aliphatic rings. The second kappa shape index (κ2) is 5.75. The first-order chi connectivity index (χ1) is 9.11. The molecule has 0 spiro atoms. The summed E-state index contributed by atoms with van der Waals surface area (Å²) in [5.41, 5.74) is 5.84. The summed E-state index contributed by atoms with van der Waals surface area (Å²) in [4.78, 5) is 0. The lowest BCUT2D eigenvalue weighted by Gasteiger charge is -2.11. The first-order valence-electron chi connectivity index (χ1n) is 5.66. The highest BCUT2D eigenvalue weighted by atomic mass is 19.1. The third-order valence-electron chi connectivity index (χ3n) is 2.68. The van der Waals surface area contributed by atoms with E-state index in [1.54, 1.807) is 6.07 Å². The molecule has 0 radical (unpaired) electrons. The molecule has 0 bridgehead atoms. The summed E-state index contributed by atoms with van der Waals surface area (Å²) in [6.45, 7) is -0.142. The third-order valence-corrected chi connectivity index (χ3v) is 2.68. The van der Waals surface area contributed by atoms with Gasteiger partial charge in [0.2, 0.25) is 0 Å². The van der Waals surface area contributed by atoms with Crippen LogP contribution in [0, 0.1) is 17.5 Å². The van der Waals surface area contributed by atoms with Gasteiger partial charge in [0.25, 0.3) is 0 Å². The highest BCUT2D eigenvalue weighted by Crippen LogP contribution is 2.22. The van der Waals surface area contributed by atoms with Crippen LogP contribution in [0.5, 0.6) is 5.75 Å². The van der Waals surface area contributed by atoms with Gasteiger partial charge in [-0.05, 0) is 24.3 Å². The topological polar surface area (TPSA) is 35.2 Å². The fraction of sp³-hybridized carbons (Fsp3) is 0.143. The van der Waals surface area contributed by atoms with Gasteiger partial charge in [-0.15, -0.1) is 0 Å². The zero-order valence-corrected chi connectivity index (χ0v) is 10.00. The SMILES string of the molecule is NCc1c(F)cccc1OCc1ccc(F)cc1F. The normalized spacial score (nSPS) is 10.5. The summed E-state index contributed by atoms with van der Waals surface area (Å²) < 4.78 is 44.9. The van der Waals surface area contributed by atoms with Gasteiger partial charge in [-0.3, -0.25) is 0 Å². The van der Waals surface area contributed by atoms with Crippen LogP contribution >= 0.6 is 0 Å². The fourth-order valence-corrected chi connectivity index (χ4v) is 1.67. The molecule has 0 saturated carbocycles. The van der Waals surface area contributed by atoms with E-state index in [1.165, 1.54) is 18.2 Å². The minimum atomic E-state index is -0.703. The Labute approximate surface area is 108 Å². The van der Waals surface area contributed by atoms with Crippen molar-refractivity contribution in [1.82, 2.24) is 0 Å². The van der Waals surface area contributed by atoms with Gasteiger partial charge in [-0.25, -0.2) is 13.2 Å². The Morgan fingerprint density at radius 2 is 1.79 bits per heavy atom. The van der Waals surface area contributed by atoms with Crippen molar-refractivity contribution in [2.75, 3.05) is 0 Å². The van der Waals surface area contributed by atoms with Crippen molar-refractivity contribution in [3.8, 4) is 5.75 Å². The zero-order chi connectivity index (χ0) is 13.8. The van der Waals surface area contributed by atoms with Gasteiger partial charge in [0.15, 0.2) is 0 Å². The number of halogens is 3. The van der Waals surface area contributed by atoms with Crippen LogP contribution in [0.4, 0.5) is 13.2 Å². The quantitative estimate of drug-likeness (QED) is 0.923. The number of ether oxygens (including phenoxy) is 1. The van der Waals surface area contributed by atoms with E-state index >= 15 is 0 Å². The molecule has 2 rings (SSSR count). The zero-order valence-electron chi connectivity index (χ0n) is 10.00. The summed E-state index contributed by atoms with van der Waals surface area (Å²) in [5.74, 6) is -1.58. The van der Waals surface area contributed by atoms with Crippen LogP contribution < -0.4 is 10.5 Å². The predicted molar refractivity (Wildman–Crippen MR) is 65.0 cm³/mol. The molecule has 2 N–H and O–H groups in total. The molecule has 5 heteroatoms. The van der Waals surface area contributed by atoms with Gasteiger partial charge in [-0.2, -0.15) is 0 Å². The lowest BCUT2D eigenvalue weighted by atomic mass is 10.2. The van der Waals surface area contributed by atoms with Crippen LogP contribution in [-0.2, 0) is 13.2 Å². The number of hydrogen-bond donors (Lipinski definition) is 1. The first-order valence-corrected chi connectivity index (χ1v) is 5.66. The maximum absolute atomic E-state index is 13.4. The monoisotopic (exact) mass is 267 g/mol. The Morgan fingerprint density at radius 1 is 1.00 bits per heavy atom. The molecule has 0 heterocycles. The van der Waals surface area contributed by atoms with Gasteiger partial charge >= 0.3 is 0 Å². The third kappa shape index (κ3) is 3.06. The Balaban J connectivity index is 2.17. The van der Waals surface area contributed by atoms with Crippen molar-refractivity contribution in [3.63, 3.8) is 0 Å². The average molecular weight is 267 g/mol. The first kappa shape index (κ1) is 13.4. The molecule has 19 heavy (non-hydrogen) atoms. The van der Waals surface area contributed by atoms with Crippen LogP contribution in [0.2, 0.25) is 0 Å². The van der Waals surface area contributed by atoms with Crippen molar-refractivity contribution >= 4 is 0 Å². The standard InChI is InChI=1S/C14H12F3NO/c15-10-5-4-9(13(17)6-10)8-19-14-3-1-2-12(16)11(14)7-18/h1-6H,7-8,18H2. The van der Waals surface area contributed by atoms with Crippen LogP contribution in [0.3, 0.4) is 0 Å². The number of nitrogens with two attached hydrogens (primary N) is 1. The Morgan fingerprint density at radius 3 is 2.47 bits per heavy atom. The van der Waals surface area contributed by atoms with E-state index in [9.17, 15) is 13.2 Å². The maximum Gasteiger partial charge on any atom is 0.132 e. The predicted octanol–water partition coefficient (Wildman–Crippen LogP) is 3.14. The fourth-order valence-electron chi connectivity index (χ4n) is 1.67. The number of hydrogen-bond acceptors (Lipinski definition) is 2. The van der Waals surface area contributed by atoms with E-state index < -0.39 is 17.5 Å². The molecule has 0 saturated heterocycles. The second-order valence-corrected chi connectivity index (χ2v) is 3.95. The maximum atomic E-state index is 13.4. The van der Waals surface area contributed by atoms with Crippen molar-refractivity contribution in [2.24, 2.45) is 5.73 Å². The molecule has 2 nitrogen and oxygen atoms in total. The molecule has 2 aromatic carbocycles. The lowest BCUT2D eigenvalue weighted by Crippen LogP contribution is -2.06. The molecule has 100 valence electrons. The summed E-state index contributed by atoms with van der Waals surface area (Å²) in [6, 6.07) is 7.49. The van der Waals surface area contributed by atoms with Crippen LogP contribution in [0.25, 0.3) is 0 Å². The van der Waals surface area contributed by atoms with Crippen molar-refractivity contribution in [1.29, 1.82) is 0 Å². The highest BCUT2D eigenvalue weighted by molar-refractivity contribution is 5.34. The van der Waals surface area contributed by atoms with Crippen LogP contribution in [0.1, 0.15) is 11.1 Å². The number of rotatable bonds is 4. The molecule has 0 aliphatic heterocycles. The van der Waals surface area contributed by atoms with E-state index in [1.807, 2.05) is 0 Å². The minimum absolute atomic E-state index is 0.0199. The largest absolute Gasteiger partial charge is 0.488 e. The summed E-state index contributed by atoms with van der Waals surface area (Å²) in [6.07, 6.45) is 0. The Hall–Kier alpha value is -2.01. The smallest absolute Gasteiger partial charge is 0.132 e. The van der Waals surface area contributed by atoms with Crippen molar-refractivity contribution < 1.29 is 17.9 Å². The summed E-state index contributed by atoms with van der Waals surface area (Å²) in [5, 5.41) is 0. The highest BCUT2D eigenvalue weighted by Gasteiger charge is 2.09. The van der Waals surface area contributed by atoms with Crippen LogP contribution in [0.15, 0.2) is 36.4 Å². The molecule has 0 atom stereocenters. The lowest BCUT2D eigenvalue weighted by molar-refractivity contribution is 0.294.